The maximum atomic E-state index is 11.9. The van der Waals surface area contributed by atoms with Gasteiger partial charge in [-0.05, 0) is 25.1 Å². The zero-order valence-corrected chi connectivity index (χ0v) is 10.6. The van der Waals surface area contributed by atoms with E-state index in [0.29, 0.717) is 17.4 Å². The first-order valence-corrected chi connectivity index (χ1v) is 5.94. The molecule has 0 saturated carbocycles. The van der Waals surface area contributed by atoms with E-state index in [1.54, 1.807) is 29.1 Å². The summed E-state index contributed by atoms with van der Waals surface area (Å²) in [6, 6.07) is 6.75. The van der Waals surface area contributed by atoms with Crippen LogP contribution < -0.4 is 5.32 Å². The number of amides is 1. The minimum absolute atomic E-state index is 0.0434. The average molecular weight is 265 g/mol. The molecular weight excluding hydrogens is 252 g/mol. The second-order valence-electron chi connectivity index (χ2n) is 3.95. The summed E-state index contributed by atoms with van der Waals surface area (Å²) in [7, 11) is 0. The van der Waals surface area contributed by atoms with E-state index in [2.05, 4.69) is 15.4 Å². The Kier molecular flexibility index (Phi) is 3.94. The monoisotopic (exact) mass is 264 g/mol. The smallest absolute Gasteiger partial charge is 0.270 e. The highest BCUT2D eigenvalue weighted by Gasteiger charge is 2.11. The van der Waals surface area contributed by atoms with Crippen molar-refractivity contribution >= 4 is 17.5 Å². The number of rotatable bonds is 4. The van der Waals surface area contributed by atoms with Crippen LogP contribution in [-0.2, 0) is 6.54 Å². The van der Waals surface area contributed by atoms with E-state index in [4.69, 9.17) is 11.6 Å². The molecule has 1 unspecified atom stereocenters. The molecule has 2 aromatic rings. The molecule has 94 valence electrons. The summed E-state index contributed by atoms with van der Waals surface area (Å²) in [5.41, 5.74) is 0.315. The fourth-order valence-electron chi connectivity index (χ4n) is 1.57. The molecule has 0 spiro atoms. The number of carbonyl (C=O) groups excluding carboxylic acids is 1. The van der Waals surface area contributed by atoms with E-state index in [9.17, 15) is 4.79 Å². The average Bonchev–Trinajstić information content (AvgIpc) is 2.81. The lowest BCUT2D eigenvalue weighted by Gasteiger charge is -2.13. The number of hydrogen-bond donors (Lipinski definition) is 1. The number of nitrogens with one attached hydrogen (secondary N) is 1. The lowest BCUT2D eigenvalue weighted by atomic mass is 10.3. The van der Waals surface area contributed by atoms with Gasteiger partial charge in [0.2, 0.25) is 0 Å². The number of hydrogen-bond acceptors (Lipinski definition) is 3. The van der Waals surface area contributed by atoms with Crippen LogP contribution in [0.1, 0.15) is 17.4 Å². The molecule has 5 nitrogen and oxygen atoms in total. The quantitative estimate of drug-likeness (QED) is 0.856. The Hall–Kier alpha value is -1.88. The van der Waals surface area contributed by atoms with Crippen molar-refractivity contribution in [2.24, 2.45) is 0 Å². The molecule has 2 heterocycles. The minimum Gasteiger partial charge on any atom is -0.346 e. The van der Waals surface area contributed by atoms with Crippen LogP contribution in [0.15, 0.2) is 36.7 Å². The maximum absolute atomic E-state index is 11.9. The Morgan fingerprint density at radius 3 is 3.00 bits per heavy atom. The van der Waals surface area contributed by atoms with Gasteiger partial charge in [-0.1, -0.05) is 17.7 Å². The summed E-state index contributed by atoms with van der Waals surface area (Å²) in [4.78, 5) is 15.8. The molecule has 0 aliphatic carbocycles. The van der Waals surface area contributed by atoms with Crippen molar-refractivity contribution < 1.29 is 4.79 Å². The zero-order chi connectivity index (χ0) is 13.0. The molecular formula is C12H13ClN4O. The Morgan fingerprint density at radius 1 is 1.50 bits per heavy atom. The zero-order valence-electron chi connectivity index (χ0n) is 9.88. The van der Waals surface area contributed by atoms with E-state index in [-0.39, 0.29) is 11.9 Å². The fraction of sp³-hybridized carbons (Fsp3) is 0.250. The van der Waals surface area contributed by atoms with E-state index in [0.717, 1.165) is 0 Å². The number of nitrogens with zero attached hydrogens (tertiary/aromatic N) is 3. The van der Waals surface area contributed by atoms with Gasteiger partial charge >= 0.3 is 0 Å². The van der Waals surface area contributed by atoms with Crippen LogP contribution in [-0.4, -0.2) is 26.7 Å². The van der Waals surface area contributed by atoms with E-state index in [1.807, 2.05) is 19.2 Å². The number of halogens is 1. The summed E-state index contributed by atoms with van der Waals surface area (Å²) < 4.78 is 1.76. The third-order valence-corrected chi connectivity index (χ3v) is 2.56. The molecule has 18 heavy (non-hydrogen) atoms. The molecule has 0 saturated heterocycles. The molecule has 2 aromatic heterocycles. The van der Waals surface area contributed by atoms with Gasteiger partial charge in [0.1, 0.15) is 10.8 Å². The standard InChI is InChI=1S/C12H13ClN4O/c1-9(8-17-7-3-6-14-17)15-12(18)10-4-2-5-11(13)16-10/h2-7,9H,8H2,1H3,(H,15,18). The first-order valence-electron chi connectivity index (χ1n) is 5.56. The van der Waals surface area contributed by atoms with Crippen LogP contribution in [0.5, 0.6) is 0 Å². The highest BCUT2D eigenvalue weighted by molar-refractivity contribution is 6.29. The summed E-state index contributed by atoms with van der Waals surface area (Å²) in [6.45, 7) is 2.52. The predicted octanol–water partition coefficient (Wildman–Crippen LogP) is 1.75. The van der Waals surface area contributed by atoms with Gasteiger partial charge in [0.05, 0.1) is 6.54 Å². The Morgan fingerprint density at radius 2 is 2.33 bits per heavy atom. The van der Waals surface area contributed by atoms with Crippen molar-refractivity contribution in [3.63, 3.8) is 0 Å². The van der Waals surface area contributed by atoms with Crippen molar-refractivity contribution in [2.45, 2.75) is 19.5 Å². The second kappa shape index (κ2) is 5.64. The van der Waals surface area contributed by atoms with Gasteiger partial charge in [-0.25, -0.2) is 4.98 Å². The predicted molar refractivity (Wildman–Crippen MR) is 68.4 cm³/mol. The van der Waals surface area contributed by atoms with Gasteiger partial charge in [-0.2, -0.15) is 5.10 Å². The molecule has 0 aliphatic rings. The Bertz CT molecular complexity index is 527. The van der Waals surface area contributed by atoms with Gasteiger partial charge in [0, 0.05) is 18.4 Å². The molecule has 0 aliphatic heterocycles. The van der Waals surface area contributed by atoms with Crippen LogP contribution in [0.2, 0.25) is 5.15 Å². The highest BCUT2D eigenvalue weighted by Crippen LogP contribution is 2.05. The van der Waals surface area contributed by atoms with E-state index >= 15 is 0 Å². The highest BCUT2D eigenvalue weighted by atomic mass is 35.5. The van der Waals surface area contributed by atoms with Crippen LogP contribution >= 0.6 is 11.6 Å². The number of carbonyl (C=O) groups is 1. The van der Waals surface area contributed by atoms with Gasteiger partial charge in [0.15, 0.2) is 0 Å². The Balaban J connectivity index is 1.95. The van der Waals surface area contributed by atoms with Crippen molar-refractivity contribution in [1.29, 1.82) is 0 Å². The largest absolute Gasteiger partial charge is 0.346 e. The van der Waals surface area contributed by atoms with Crippen LogP contribution in [0, 0.1) is 0 Å². The molecule has 0 radical (unpaired) electrons. The molecule has 2 rings (SSSR count). The van der Waals surface area contributed by atoms with Crippen molar-refractivity contribution in [1.82, 2.24) is 20.1 Å². The van der Waals surface area contributed by atoms with E-state index < -0.39 is 0 Å². The minimum atomic E-state index is -0.239. The summed E-state index contributed by atoms with van der Waals surface area (Å²) in [5.74, 6) is -0.239. The SMILES string of the molecule is CC(Cn1cccn1)NC(=O)c1cccc(Cl)n1. The molecule has 6 heteroatoms. The van der Waals surface area contributed by atoms with Crippen molar-refractivity contribution in [2.75, 3.05) is 0 Å². The van der Waals surface area contributed by atoms with Gasteiger partial charge in [-0.15, -0.1) is 0 Å². The number of pyridine rings is 1. The summed E-state index contributed by atoms with van der Waals surface area (Å²) in [6.07, 6.45) is 3.55. The third kappa shape index (κ3) is 3.30. The molecule has 1 amide bonds. The van der Waals surface area contributed by atoms with Crippen LogP contribution in [0.3, 0.4) is 0 Å². The van der Waals surface area contributed by atoms with Crippen LogP contribution in [0.4, 0.5) is 0 Å². The van der Waals surface area contributed by atoms with Crippen molar-refractivity contribution in [3.8, 4) is 0 Å². The molecule has 0 fully saturated rings. The fourth-order valence-corrected chi connectivity index (χ4v) is 1.73. The topological polar surface area (TPSA) is 59.8 Å². The van der Waals surface area contributed by atoms with Gasteiger partial charge in [0.25, 0.3) is 5.91 Å². The molecule has 1 atom stereocenters. The van der Waals surface area contributed by atoms with Crippen LogP contribution in [0.25, 0.3) is 0 Å². The molecule has 0 aromatic carbocycles. The first-order chi connectivity index (χ1) is 8.65. The van der Waals surface area contributed by atoms with Gasteiger partial charge in [-0.3, -0.25) is 9.48 Å². The Labute approximate surface area is 110 Å². The van der Waals surface area contributed by atoms with E-state index in [1.165, 1.54) is 0 Å². The lowest BCUT2D eigenvalue weighted by molar-refractivity contribution is 0.0931. The second-order valence-corrected chi connectivity index (χ2v) is 4.34. The maximum Gasteiger partial charge on any atom is 0.270 e. The first kappa shape index (κ1) is 12.6. The molecule has 0 bridgehead atoms. The number of aromatic nitrogens is 3. The van der Waals surface area contributed by atoms with Crippen molar-refractivity contribution in [3.05, 3.63) is 47.5 Å². The van der Waals surface area contributed by atoms with Gasteiger partial charge < -0.3 is 5.32 Å². The molecule has 1 N–H and O–H groups in total. The summed E-state index contributed by atoms with van der Waals surface area (Å²) >= 11 is 5.74. The summed E-state index contributed by atoms with van der Waals surface area (Å²) in [5, 5.41) is 7.23. The normalized spacial score (nSPS) is 12.1. The lowest BCUT2D eigenvalue weighted by Crippen LogP contribution is -2.36. The third-order valence-electron chi connectivity index (χ3n) is 2.35.